The zero-order valence-electron chi connectivity index (χ0n) is 7.95. The van der Waals surface area contributed by atoms with Crippen molar-refractivity contribution in [2.75, 3.05) is 7.11 Å². The summed E-state index contributed by atoms with van der Waals surface area (Å²) < 4.78 is 63.7. The monoisotopic (exact) mass is 256 g/mol. The fraction of sp³-hybridized carbons (Fsp3) is 0.250. The van der Waals surface area contributed by atoms with Crippen molar-refractivity contribution in [1.29, 1.82) is 0 Å². The van der Waals surface area contributed by atoms with Crippen molar-refractivity contribution in [3.8, 4) is 11.5 Å². The Morgan fingerprint density at radius 1 is 1.38 bits per heavy atom. The Kier molecular flexibility index (Phi) is 3.76. The maximum absolute atomic E-state index is 12.0. The summed E-state index contributed by atoms with van der Waals surface area (Å²) in [5.74, 6) is -0.666. The van der Waals surface area contributed by atoms with E-state index in [1.165, 1.54) is 13.2 Å². The van der Waals surface area contributed by atoms with Crippen LogP contribution in [0.5, 0.6) is 11.5 Å². The van der Waals surface area contributed by atoms with Crippen molar-refractivity contribution >= 4 is 11.1 Å². The number of hydrogen-bond acceptors (Lipinski definition) is 3. The van der Waals surface area contributed by atoms with Gasteiger partial charge in [-0.15, -0.1) is 13.2 Å². The molecule has 0 aliphatic rings. The number of rotatable bonds is 3. The first kappa shape index (κ1) is 12.8. The van der Waals surface area contributed by atoms with Crippen LogP contribution >= 0.6 is 0 Å². The summed E-state index contributed by atoms with van der Waals surface area (Å²) in [6, 6.07) is 3.17. The second-order valence-corrected chi connectivity index (χ2v) is 3.55. The van der Waals surface area contributed by atoms with E-state index >= 15 is 0 Å². The molecule has 1 N–H and O–H groups in total. The van der Waals surface area contributed by atoms with Gasteiger partial charge in [0.2, 0.25) is 0 Å². The van der Waals surface area contributed by atoms with Crippen LogP contribution in [-0.2, 0) is 11.1 Å². The Morgan fingerprint density at radius 3 is 2.44 bits per heavy atom. The number of methoxy groups -OCH3 is 1. The lowest BCUT2D eigenvalue weighted by atomic mass is 10.3. The predicted octanol–water partition coefficient (Wildman–Crippen LogP) is 2.17. The van der Waals surface area contributed by atoms with Gasteiger partial charge in [-0.25, -0.2) is 4.21 Å². The van der Waals surface area contributed by atoms with Gasteiger partial charge in [-0.3, -0.25) is 0 Å². The van der Waals surface area contributed by atoms with Gasteiger partial charge in [-0.2, -0.15) is 0 Å². The van der Waals surface area contributed by atoms with Crippen LogP contribution in [0.3, 0.4) is 0 Å². The van der Waals surface area contributed by atoms with Gasteiger partial charge in [-0.1, -0.05) is 0 Å². The minimum atomic E-state index is -4.93. The summed E-state index contributed by atoms with van der Waals surface area (Å²) >= 11 is -2.57. The number of benzene rings is 1. The molecule has 0 saturated heterocycles. The SMILES string of the molecule is COc1ccc(S(=O)O)c(OC(F)(F)F)c1. The molecule has 0 aromatic heterocycles. The first-order chi connectivity index (χ1) is 7.33. The maximum atomic E-state index is 12.0. The Hall–Kier alpha value is -1.28. The number of ether oxygens (including phenoxy) is 2. The van der Waals surface area contributed by atoms with Gasteiger partial charge >= 0.3 is 6.36 Å². The van der Waals surface area contributed by atoms with E-state index in [9.17, 15) is 17.4 Å². The zero-order valence-corrected chi connectivity index (χ0v) is 8.76. The third-order valence-corrected chi connectivity index (χ3v) is 2.28. The summed E-state index contributed by atoms with van der Waals surface area (Å²) in [5, 5.41) is 0. The molecule has 8 heteroatoms. The second-order valence-electron chi connectivity index (χ2n) is 2.61. The van der Waals surface area contributed by atoms with Crippen LogP contribution in [0.1, 0.15) is 0 Å². The molecule has 1 atom stereocenters. The summed E-state index contributed by atoms with van der Waals surface area (Å²) in [7, 11) is 1.25. The molecule has 0 amide bonds. The van der Waals surface area contributed by atoms with Crippen molar-refractivity contribution in [3.05, 3.63) is 18.2 Å². The third kappa shape index (κ3) is 3.38. The average molecular weight is 256 g/mol. The molecule has 0 aliphatic heterocycles. The van der Waals surface area contributed by atoms with Crippen molar-refractivity contribution in [3.63, 3.8) is 0 Å². The maximum Gasteiger partial charge on any atom is 0.573 e. The molecule has 90 valence electrons. The van der Waals surface area contributed by atoms with E-state index in [-0.39, 0.29) is 5.75 Å². The van der Waals surface area contributed by atoms with E-state index in [0.29, 0.717) is 0 Å². The molecule has 0 spiro atoms. The molecule has 0 bridgehead atoms. The molecule has 1 unspecified atom stereocenters. The Morgan fingerprint density at radius 2 is 2.00 bits per heavy atom. The van der Waals surface area contributed by atoms with Gasteiger partial charge in [0.05, 0.1) is 7.11 Å². The topological polar surface area (TPSA) is 55.8 Å². The van der Waals surface area contributed by atoms with E-state index in [2.05, 4.69) is 9.47 Å². The van der Waals surface area contributed by atoms with Crippen LogP contribution in [0.25, 0.3) is 0 Å². The van der Waals surface area contributed by atoms with Crippen molar-refractivity contribution < 1.29 is 31.4 Å². The number of halogens is 3. The summed E-state index contributed by atoms with van der Waals surface area (Å²) in [6.07, 6.45) is -4.93. The fourth-order valence-electron chi connectivity index (χ4n) is 0.964. The first-order valence-electron chi connectivity index (χ1n) is 3.88. The van der Waals surface area contributed by atoms with Crippen LogP contribution < -0.4 is 9.47 Å². The Bertz CT molecular complexity index is 405. The molecule has 0 saturated carbocycles. The Balaban J connectivity index is 3.15. The third-order valence-electron chi connectivity index (χ3n) is 1.56. The quantitative estimate of drug-likeness (QED) is 0.842. The van der Waals surface area contributed by atoms with Gasteiger partial charge in [0.15, 0.2) is 16.8 Å². The van der Waals surface area contributed by atoms with Gasteiger partial charge in [-0.05, 0) is 12.1 Å². The first-order valence-corrected chi connectivity index (χ1v) is 4.99. The lowest BCUT2D eigenvalue weighted by Gasteiger charge is -2.12. The second kappa shape index (κ2) is 4.71. The summed E-state index contributed by atoms with van der Waals surface area (Å²) in [5.41, 5.74) is 0. The highest BCUT2D eigenvalue weighted by Gasteiger charge is 2.33. The van der Waals surface area contributed by atoms with Crippen molar-refractivity contribution in [2.45, 2.75) is 11.3 Å². The van der Waals surface area contributed by atoms with Crippen LogP contribution in [0, 0.1) is 0 Å². The molecular weight excluding hydrogens is 249 g/mol. The summed E-state index contributed by atoms with van der Waals surface area (Å²) in [6.45, 7) is 0. The lowest BCUT2D eigenvalue weighted by molar-refractivity contribution is -0.275. The predicted molar refractivity (Wildman–Crippen MR) is 48.7 cm³/mol. The molecule has 1 rings (SSSR count). The fourth-order valence-corrected chi connectivity index (χ4v) is 1.42. The highest BCUT2D eigenvalue weighted by molar-refractivity contribution is 7.79. The number of alkyl halides is 3. The van der Waals surface area contributed by atoms with Gasteiger partial charge < -0.3 is 14.0 Å². The highest BCUT2D eigenvalue weighted by atomic mass is 32.2. The van der Waals surface area contributed by atoms with Gasteiger partial charge in [0, 0.05) is 6.07 Å². The lowest BCUT2D eigenvalue weighted by Crippen LogP contribution is -2.18. The van der Waals surface area contributed by atoms with Crippen molar-refractivity contribution in [1.82, 2.24) is 0 Å². The van der Waals surface area contributed by atoms with E-state index in [0.717, 1.165) is 12.1 Å². The van der Waals surface area contributed by atoms with E-state index in [1.807, 2.05) is 0 Å². The van der Waals surface area contributed by atoms with E-state index < -0.39 is 28.1 Å². The molecule has 4 nitrogen and oxygen atoms in total. The largest absolute Gasteiger partial charge is 0.573 e. The van der Waals surface area contributed by atoms with Gasteiger partial charge in [0.25, 0.3) is 0 Å². The Labute approximate surface area is 91.3 Å². The molecule has 1 aromatic rings. The van der Waals surface area contributed by atoms with Crippen LogP contribution in [0.4, 0.5) is 13.2 Å². The minimum Gasteiger partial charge on any atom is -0.497 e. The van der Waals surface area contributed by atoms with Crippen LogP contribution in [0.15, 0.2) is 23.1 Å². The molecule has 0 aliphatic carbocycles. The molecule has 0 radical (unpaired) electrons. The summed E-state index contributed by atoms with van der Waals surface area (Å²) in [4.78, 5) is -0.474. The normalized spacial score (nSPS) is 13.3. The molecule has 1 aromatic carbocycles. The van der Waals surface area contributed by atoms with E-state index in [1.54, 1.807) is 0 Å². The van der Waals surface area contributed by atoms with Crippen molar-refractivity contribution in [2.24, 2.45) is 0 Å². The smallest absolute Gasteiger partial charge is 0.497 e. The average Bonchev–Trinajstić information content (AvgIpc) is 2.14. The van der Waals surface area contributed by atoms with Crippen LogP contribution in [-0.4, -0.2) is 22.2 Å². The minimum absolute atomic E-state index is 0.0912. The van der Waals surface area contributed by atoms with Crippen LogP contribution in [0.2, 0.25) is 0 Å². The molecular formula is C8H7F3O4S. The zero-order chi connectivity index (χ0) is 12.3. The van der Waals surface area contributed by atoms with Gasteiger partial charge in [0.1, 0.15) is 10.6 Å². The number of hydrogen-bond donors (Lipinski definition) is 1. The standard InChI is InChI=1S/C8H7F3O4S/c1-14-5-2-3-7(16(12)13)6(4-5)15-8(9,10)11/h2-4H,1H3,(H,12,13). The highest BCUT2D eigenvalue weighted by Crippen LogP contribution is 2.31. The molecule has 0 heterocycles. The van der Waals surface area contributed by atoms with E-state index in [4.69, 9.17) is 4.55 Å². The molecule has 0 fully saturated rings. The molecule has 16 heavy (non-hydrogen) atoms.